The van der Waals surface area contributed by atoms with Gasteiger partial charge in [-0.1, -0.05) is 164 Å². The minimum atomic E-state index is 1.11. The highest BCUT2D eigenvalue weighted by Gasteiger charge is 2.22. The van der Waals surface area contributed by atoms with Crippen LogP contribution in [0, 0.1) is 0 Å². The maximum atomic E-state index is 2.43. The van der Waals surface area contributed by atoms with Gasteiger partial charge in [0.15, 0.2) is 0 Å². The van der Waals surface area contributed by atoms with E-state index in [1.807, 2.05) is 0 Å². The van der Waals surface area contributed by atoms with Crippen molar-refractivity contribution < 1.29 is 0 Å². The fourth-order valence-corrected chi connectivity index (χ4v) is 8.12. The number of rotatable bonds is 6. The zero-order chi connectivity index (χ0) is 34.4. The summed E-state index contributed by atoms with van der Waals surface area (Å²) < 4.78 is 2.43. The van der Waals surface area contributed by atoms with Crippen molar-refractivity contribution in [3.63, 3.8) is 0 Å². The number of nitrogens with zero attached hydrogens (tertiary/aromatic N) is 2. The average molecular weight is 663 g/mol. The first kappa shape index (κ1) is 30.0. The summed E-state index contributed by atoms with van der Waals surface area (Å²) in [6.45, 7) is 0. The van der Waals surface area contributed by atoms with Crippen LogP contribution in [0.2, 0.25) is 0 Å². The Kier molecular flexibility index (Phi) is 7.18. The van der Waals surface area contributed by atoms with Crippen LogP contribution in [0.4, 0.5) is 17.1 Å². The molecule has 0 bridgehead atoms. The first-order valence-corrected chi connectivity index (χ1v) is 17.9. The zero-order valence-electron chi connectivity index (χ0n) is 28.5. The standard InChI is InChI=1S/C50H34N2/c1-3-17-35(18-4-1)37-31-33-49(41-23-9-7-21-38(37)41)51(36-19-5-2-6-20-36)50-34-32-40(39-22-8-10-24-42(39)50)43-25-11-14-28-46(43)52-47-29-15-12-26-44(47)45-27-13-16-30-48(45)52/h1-34H. The molecular weight excluding hydrogens is 629 g/mol. The Morgan fingerprint density at radius 2 is 0.731 bits per heavy atom. The monoisotopic (exact) mass is 662 g/mol. The van der Waals surface area contributed by atoms with E-state index in [1.165, 1.54) is 71.3 Å². The number of para-hydroxylation sites is 4. The number of benzene rings is 9. The summed E-state index contributed by atoms with van der Waals surface area (Å²) >= 11 is 0. The Morgan fingerprint density at radius 3 is 1.35 bits per heavy atom. The van der Waals surface area contributed by atoms with E-state index in [0.717, 1.165) is 17.1 Å². The molecule has 0 saturated carbocycles. The van der Waals surface area contributed by atoms with Crippen LogP contribution in [0.15, 0.2) is 206 Å². The molecule has 244 valence electrons. The summed E-state index contributed by atoms with van der Waals surface area (Å²) in [7, 11) is 0. The van der Waals surface area contributed by atoms with Crippen LogP contribution in [0.25, 0.3) is 71.3 Å². The van der Waals surface area contributed by atoms with E-state index in [0.29, 0.717) is 0 Å². The van der Waals surface area contributed by atoms with Crippen LogP contribution in [-0.4, -0.2) is 4.57 Å². The molecule has 0 aliphatic carbocycles. The number of aromatic nitrogens is 1. The SMILES string of the molecule is c1ccc(-c2ccc(N(c3ccccc3)c3ccc(-c4ccccc4-n4c5ccccc5c5ccccc54)c4ccccc34)c3ccccc23)cc1. The van der Waals surface area contributed by atoms with E-state index in [9.17, 15) is 0 Å². The van der Waals surface area contributed by atoms with Crippen molar-refractivity contribution in [3.05, 3.63) is 206 Å². The lowest BCUT2D eigenvalue weighted by molar-refractivity contribution is 1.18. The smallest absolute Gasteiger partial charge is 0.0541 e. The van der Waals surface area contributed by atoms with E-state index in [2.05, 4.69) is 216 Å². The summed E-state index contributed by atoms with van der Waals surface area (Å²) in [5.74, 6) is 0. The Bertz CT molecular complexity index is 2850. The molecule has 2 nitrogen and oxygen atoms in total. The molecule has 2 heteroatoms. The Hall–Kier alpha value is -6.90. The normalized spacial score (nSPS) is 11.5. The lowest BCUT2D eigenvalue weighted by Gasteiger charge is -2.29. The van der Waals surface area contributed by atoms with Crippen LogP contribution in [-0.2, 0) is 0 Å². The van der Waals surface area contributed by atoms with Crippen LogP contribution in [0.1, 0.15) is 0 Å². The largest absolute Gasteiger partial charge is 0.309 e. The molecule has 0 radical (unpaired) electrons. The third-order valence-corrected chi connectivity index (χ3v) is 10.4. The van der Waals surface area contributed by atoms with Crippen molar-refractivity contribution in [1.82, 2.24) is 4.57 Å². The van der Waals surface area contributed by atoms with Crippen LogP contribution < -0.4 is 4.90 Å². The molecule has 0 saturated heterocycles. The fourth-order valence-electron chi connectivity index (χ4n) is 8.12. The molecule has 52 heavy (non-hydrogen) atoms. The number of hydrogen-bond donors (Lipinski definition) is 0. The van der Waals surface area contributed by atoms with Crippen molar-refractivity contribution in [2.24, 2.45) is 0 Å². The second-order valence-electron chi connectivity index (χ2n) is 13.3. The van der Waals surface area contributed by atoms with Crippen molar-refractivity contribution >= 4 is 60.4 Å². The fraction of sp³-hybridized carbons (Fsp3) is 0. The molecule has 0 unspecified atom stereocenters. The molecule has 0 aliphatic heterocycles. The van der Waals surface area contributed by atoms with E-state index < -0.39 is 0 Å². The molecule has 9 aromatic carbocycles. The molecular formula is C50H34N2. The first-order valence-electron chi connectivity index (χ1n) is 17.9. The van der Waals surface area contributed by atoms with Gasteiger partial charge in [-0.2, -0.15) is 0 Å². The van der Waals surface area contributed by atoms with Crippen LogP contribution in [0.3, 0.4) is 0 Å². The van der Waals surface area contributed by atoms with Crippen molar-refractivity contribution in [2.45, 2.75) is 0 Å². The maximum absolute atomic E-state index is 2.43. The van der Waals surface area contributed by atoms with E-state index in [1.54, 1.807) is 0 Å². The van der Waals surface area contributed by atoms with Gasteiger partial charge in [0.05, 0.1) is 28.1 Å². The van der Waals surface area contributed by atoms with Crippen LogP contribution in [0.5, 0.6) is 0 Å². The Balaban J connectivity index is 1.21. The van der Waals surface area contributed by atoms with Gasteiger partial charge in [0.25, 0.3) is 0 Å². The molecule has 0 amide bonds. The average Bonchev–Trinajstić information content (AvgIpc) is 3.56. The highest BCUT2D eigenvalue weighted by atomic mass is 15.1. The predicted octanol–water partition coefficient (Wildman–Crippen LogP) is 13.9. The topological polar surface area (TPSA) is 8.17 Å². The summed E-state index contributed by atoms with van der Waals surface area (Å²) in [5, 5.41) is 7.36. The predicted molar refractivity (Wildman–Crippen MR) is 221 cm³/mol. The highest BCUT2D eigenvalue weighted by Crippen LogP contribution is 2.46. The Morgan fingerprint density at radius 1 is 0.288 bits per heavy atom. The van der Waals surface area contributed by atoms with Gasteiger partial charge in [-0.3, -0.25) is 0 Å². The highest BCUT2D eigenvalue weighted by molar-refractivity contribution is 6.13. The molecule has 1 aromatic heterocycles. The second-order valence-corrected chi connectivity index (χ2v) is 13.3. The first-order chi connectivity index (χ1) is 25.8. The van der Waals surface area contributed by atoms with Crippen molar-refractivity contribution in [2.75, 3.05) is 4.90 Å². The van der Waals surface area contributed by atoms with E-state index in [-0.39, 0.29) is 0 Å². The van der Waals surface area contributed by atoms with Gasteiger partial charge in [0.2, 0.25) is 0 Å². The summed E-state index contributed by atoms with van der Waals surface area (Å²) in [6, 6.07) is 74.6. The van der Waals surface area contributed by atoms with Gasteiger partial charge in [0.1, 0.15) is 0 Å². The quantitative estimate of drug-likeness (QED) is 0.172. The molecule has 0 fully saturated rings. The minimum absolute atomic E-state index is 1.11. The molecule has 0 N–H and O–H groups in total. The van der Waals surface area contributed by atoms with E-state index >= 15 is 0 Å². The molecule has 1 heterocycles. The number of hydrogen-bond acceptors (Lipinski definition) is 1. The molecule has 0 aliphatic rings. The van der Waals surface area contributed by atoms with Gasteiger partial charge < -0.3 is 9.47 Å². The zero-order valence-corrected chi connectivity index (χ0v) is 28.5. The van der Waals surface area contributed by atoms with Gasteiger partial charge >= 0.3 is 0 Å². The summed E-state index contributed by atoms with van der Waals surface area (Å²) in [5.41, 5.74) is 11.8. The van der Waals surface area contributed by atoms with Gasteiger partial charge in [-0.15, -0.1) is 0 Å². The Labute approximate surface area is 303 Å². The van der Waals surface area contributed by atoms with E-state index in [4.69, 9.17) is 0 Å². The molecule has 10 rings (SSSR count). The molecule has 0 atom stereocenters. The van der Waals surface area contributed by atoms with Crippen molar-refractivity contribution in [3.8, 4) is 27.9 Å². The number of anilines is 3. The van der Waals surface area contributed by atoms with Crippen LogP contribution >= 0.6 is 0 Å². The molecule has 10 aromatic rings. The third-order valence-electron chi connectivity index (χ3n) is 10.4. The van der Waals surface area contributed by atoms with Gasteiger partial charge in [-0.25, -0.2) is 0 Å². The minimum Gasteiger partial charge on any atom is -0.309 e. The van der Waals surface area contributed by atoms with Gasteiger partial charge in [-0.05, 0) is 69.9 Å². The lowest BCUT2D eigenvalue weighted by atomic mass is 9.94. The van der Waals surface area contributed by atoms with Gasteiger partial charge in [0, 0.05) is 32.8 Å². The molecule has 0 spiro atoms. The lowest BCUT2D eigenvalue weighted by Crippen LogP contribution is -2.11. The second kappa shape index (κ2) is 12.5. The number of fused-ring (bicyclic) bond motifs is 5. The maximum Gasteiger partial charge on any atom is 0.0541 e. The van der Waals surface area contributed by atoms with Crippen molar-refractivity contribution in [1.29, 1.82) is 0 Å². The summed E-state index contributed by atoms with van der Waals surface area (Å²) in [6.07, 6.45) is 0. The summed E-state index contributed by atoms with van der Waals surface area (Å²) in [4.78, 5) is 2.43. The third kappa shape index (κ3) is 4.80.